The van der Waals surface area contributed by atoms with Crippen LogP contribution in [0.2, 0.25) is 0 Å². The van der Waals surface area contributed by atoms with Crippen molar-refractivity contribution in [2.45, 2.75) is 20.0 Å². The van der Waals surface area contributed by atoms with Crippen molar-refractivity contribution in [3.8, 4) is 0 Å². The summed E-state index contributed by atoms with van der Waals surface area (Å²) in [7, 11) is 5.27. The van der Waals surface area contributed by atoms with Gasteiger partial charge >= 0.3 is 6.03 Å². The number of urea groups is 1. The van der Waals surface area contributed by atoms with Crippen LogP contribution < -0.4 is 15.5 Å². The molecule has 30 heavy (non-hydrogen) atoms. The van der Waals surface area contributed by atoms with Gasteiger partial charge in [0, 0.05) is 52.2 Å². The monoisotopic (exact) mass is 416 g/mol. The molecule has 0 radical (unpaired) electrons. The number of carbonyl (C=O) groups is 2. The quantitative estimate of drug-likeness (QED) is 0.658. The Morgan fingerprint density at radius 1 is 1.10 bits per heavy atom. The van der Waals surface area contributed by atoms with Gasteiger partial charge in [-0.2, -0.15) is 0 Å². The zero-order chi connectivity index (χ0) is 22.1. The number of halogens is 1. The summed E-state index contributed by atoms with van der Waals surface area (Å²) in [6, 6.07) is 11.4. The van der Waals surface area contributed by atoms with E-state index in [0.717, 1.165) is 11.3 Å². The Hall–Kier alpha value is -3.13. The second-order valence-corrected chi connectivity index (χ2v) is 7.04. The van der Waals surface area contributed by atoms with Gasteiger partial charge in [-0.15, -0.1) is 0 Å². The summed E-state index contributed by atoms with van der Waals surface area (Å²) in [5, 5.41) is 5.48. The first kappa shape index (κ1) is 23.2. The van der Waals surface area contributed by atoms with Crippen LogP contribution in [-0.4, -0.2) is 51.2 Å². The van der Waals surface area contributed by atoms with Gasteiger partial charge in [0.25, 0.3) is 0 Å². The lowest BCUT2D eigenvalue weighted by Gasteiger charge is -2.26. The molecule has 2 rings (SSSR count). The third-order valence-corrected chi connectivity index (χ3v) is 4.40. The summed E-state index contributed by atoms with van der Waals surface area (Å²) in [6.07, 6.45) is 0. The van der Waals surface area contributed by atoms with Gasteiger partial charge in [0.1, 0.15) is 12.4 Å². The van der Waals surface area contributed by atoms with E-state index in [9.17, 15) is 14.0 Å². The van der Waals surface area contributed by atoms with E-state index in [1.165, 1.54) is 19.2 Å². The number of rotatable bonds is 9. The average Bonchev–Trinajstić information content (AvgIpc) is 2.68. The van der Waals surface area contributed by atoms with Crippen molar-refractivity contribution in [1.29, 1.82) is 0 Å². The molecule has 162 valence electrons. The van der Waals surface area contributed by atoms with Crippen LogP contribution in [0.15, 0.2) is 42.5 Å². The Bertz CT molecular complexity index is 873. The van der Waals surface area contributed by atoms with E-state index in [1.54, 1.807) is 17.0 Å². The molecule has 0 spiro atoms. The number of carbonyl (C=O) groups excluding carboxylic acids is 2. The molecule has 0 saturated heterocycles. The van der Waals surface area contributed by atoms with Crippen LogP contribution in [-0.2, 0) is 22.6 Å². The van der Waals surface area contributed by atoms with Gasteiger partial charge in [-0.3, -0.25) is 4.79 Å². The molecule has 0 fully saturated rings. The first-order chi connectivity index (χ1) is 14.3. The minimum absolute atomic E-state index is 0.0799. The van der Waals surface area contributed by atoms with Crippen LogP contribution in [0.25, 0.3) is 0 Å². The number of methoxy groups -OCH3 is 1. The predicted molar refractivity (Wildman–Crippen MR) is 116 cm³/mol. The van der Waals surface area contributed by atoms with E-state index in [0.29, 0.717) is 17.8 Å². The first-order valence-electron chi connectivity index (χ1n) is 9.70. The summed E-state index contributed by atoms with van der Waals surface area (Å²) < 4.78 is 18.6. The lowest BCUT2D eigenvalue weighted by atomic mass is 10.1. The lowest BCUT2D eigenvalue weighted by Crippen LogP contribution is -2.33. The number of nitrogens with one attached hydrogen (secondary N) is 2. The molecule has 2 N–H and O–H groups in total. The Morgan fingerprint density at radius 3 is 2.50 bits per heavy atom. The topological polar surface area (TPSA) is 73.9 Å². The van der Waals surface area contributed by atoms with Crippen molar-refractivity contribution in [2.24, 2.45) is 0 Å². The Labute approximate surface area is 176 Å². The van der Waals surface area contributed by atoms with Gasteiger partial charge in [-0.25, -0.2) is 9.18 Å². The molecule has 0 unspecified atom stereocenters. The van der Waals surface area contributed by atoms with E-state index >= 15 is 0 Å². The highest BCUT2D eigenvalue weighted by Crippen LogP contribution is 2.25. The van der Waals surface area contributed by atoms with E-state index in [-0.39, 0.29) is 37.5 Å². The zero-order valence-corrected chi connectivity index (χ0v) is 17.9. The smallest absolute Gasteiger partial charge is 0.319 e. The fraction of sp³-hybridized carbons (Fsp3) is 0.364. The molecule has 0 saturated carbocycles. The molecule has 0 atom stereocenters. The molecule has 0 heterocycles. The SMILES string of the molecule is CCNC(=O)Nc1ccc(N(C)C)c(CN(Cc2cccc(F)c2)C(=O)COC)c1. The molecule has 2 aromatic carbocycles. The molecule has 0 bridgehead atoms. The summed E-state index contributed by atoms with van der Waals surface area (Å²) in [5.41, 5.74) is 3.05. The molecule has 0 aromatic heterocycles. The van der Waals surface area contributed by atoms with Crippen molar-refractivity contribution in [2.75, 3.05) is 44.6 Å². The maximum Gasteiger partial charge on any atom is 0.319 e. The van der Waals surface area contributed by atoms with Gasteiger partial charge in [-0.1, -0.05) is 12.1 Å². The Balaban J connectivity index is 2.33. The molecule has 8 heteroatoms. The molecular formula is C22H29FN4O3. The summed E-state index contributed by atoms with van der Waals surface area (Å²) in [6.45, 7) is 2.79. The number of hydrogen-bond acceptors (Lipinski definition) is 4. The predicted octanol–water partition coefficient (Wildman–Crippen LogP) is 3.21. The third kappa shape index (κ3) is 6.73. The standard InChI is InChI=1S/C22H29FN4O3/c1-5-24-22(29)25-19-9-10-20(26(2)3)17(12-19)14-27(21(28)15-30-4)13-16-7-6-8-18(23)11-16/h6-12H,5,13-15H2,1-4H3,(H2,24,25,29). The van der Waals surface area contributed by atoms with Gasteiger partial charge in [0.05, 0.1) is 0 Å². The lowest BCUT2D eigenvalue weighted by molar-refractivity contribution is -0.136. The largest absolute Gasteiger partial charge is 0.377 e. The summed E-state index contributed by atoms with van der Waals surface area (Å²) in [5.74, 6) is -0.567. The molecule has 3 amide bonds. The van der Waals surface area contributed by atoms with Crippen molar-refractivity contribution in [3.05, 3.63) is 59.4 Å². The molecule has 7 nitrogen and oxygen atoms in total. The Kier molecular flexibility index (Phi) is 8.61. The van der Waals surface area contributed by atoms with E-state index in [4.69, 9.17) is 4.74 Å². The fourth-order valence-electron chi connectivity index (χ4n) is 3.07. The minimum atomic E-state index is -0.353. The summed E-state index contributed by atoms with van der Waals surface area (Å²) in [4.78, 5) is 28.1. The third-order valence-electron chi connectivity index (χ3n) is 4.40. The number of nitrogens with zero attached hydrogens (tertiary/aromatic N) is 2. The maximum atomic E-state index is 13.6. The highest BCUT2D eigenvalue weighted by Gasteiger charge is 2.18. The normalized spacial score (nSPS) is 10.4. The first-order valence-corrected chi connectivity index (χ1v) is 9.70. The van der Waals surface area contributed by atoms with Crippen LogP contribution >= 0.6 is 0 Å². The number of anilines is 2. The van der Waals surface area contributed by atoms with Crippen LogP contribution in [0.5, 0.6) is 0 Å². The highest BCUT2D eigenvalue weighted by atomic mass is 19.1. The average molecular weight is 416 g/mol. The molecule has 0 aliphatic carbocycles. The zero-order valence-electron chi connectivity index (χ0n) is 17.9. The fourth-order valence-corrected chi connectivity index (χ4v) is 3.07. The van der Waals surface area contributed by atoms with E-state index < -0.39 is 0 Å². The van der Waals surface area contributed by atoms with Crippen molar-refractivity contribution < 1.29 is 18.7 Å². The maximum absolute atomic E-state index is 13.6. The van der Waals surface area contributed by atoms with Gasteiger partial charge in [0.15, 0.2) is 0 Å². The van der Waals surface area contributed by atoms with Crippen LogP contribution in [0.4, 0.5) is 20.6 Å². The van der Waals surface area contributed by atoms with Gasteiger partial charge in [0.2, 0.25) is 5.91 Å². The van der Waals surface area contributed by atoms with Gasteiger partial charge < -0.3 is 25.2 Å². The molecule has 0 aliphatic heterocycles. The number of amides is 3. The van der Waals surface area contributed by atoms with Crippen LogP contribution in [0.3, 0.4) is 0 Å². The van der Waals surface area contributed by atoms with E-state index in [1.807, 2.05) is 44.1 Å². The second kappa shape index (κ2) is 11.2. The molecule has 0 aliphatic rings. The Morgan fingerprint density at radius 2 is 1.87 bits per heavy atom. The minimum Gasteiger partial charge on any atom is -0.377 e. The highest BCUT2D eigenvalue weighted by molar-refractivity contribution is 5.89. The molecular weight excluding hydrogens is 387 g/mol. The number of ether oxygens (including phenoxy) is 1. The number of benzene rings is 2. The van der Waals surface area contributed by atoms with Crippen molar-refractivity contribution >= 4 is 23.3 Å². The molecule has 2 aromatic rings. The number of hydrogen-bond donors (Lipinski definition) is 2. The second-order valence-electron chi connectivity index (χ2n) is 7.04. The van der Waals surface area contributed by atoms with Crippen LogP contribution in [0, 0.1) is 5.82 Å². The summed E-state index contributed by atoms with van der Waals surface area (Å²) >= 11 is 0. The van der Waals surface area contributed by atoms with Crippen LogP contribution in [0.1, 0.15) is 18.1 Å². The van der Waals surface area contributed by atoms with Crippen molar-refractivity contribution in [3.63, 3.8) is 0 Å². The van der Waals surface area contributed by atoms with E-state index in [2.05, 4.69) is 10.6 Å². The van der Waals surface area contributed by atoms with Crippen molar-refractivity contribution in [1.82, 2.24) is 10.2 Å². The van der Waals surface area contributed by atoms with Gasteiger partial charge in [-0.05, 0) is 48.4 Å².